The quantitative estimate of drug-likeness (QED) is 0.271. The predicted molar refractivity (Wildman–Crippen MR) is 17.4 cm³/mol. The van der Waals surface area contributed by atoms with Gasteiger partial charge in [0.15, 0.2) is 0 Å². The Morgan fingerprint density at radius 1 is 1.67 bits per heavy atom. The van der Waals surface area contributed by atoms with E-state index in [9.17, 15) is 0 Å². The van der Waals surface area contributed by atoms with Crippen molar-refractivity contribution < 1.29 is 29.6 Å². The second-order valence-corrected chi connectivity index (χ2v) is 0.701. The summed E-state index contributed by atoms with van der Waals surface area (Å²) in [5, 5.41) is 6.03. The third-order valence-electron chi connectivity index (χ3n) is 0.362. The Hall–Kier alpha value is 0.210. The van der Waals surface area contributed by atoms with Crippen LogP contribution >= 0.6 is 0 Å². The minimum Gasteiger partial charge on any atom is -0.390 e. The molecule has 26 valence electrons. The fourth-order valence-corrected chi connectivity index (χ4v) is 0.186. The van der Waals surface area contributed by atoms with Crippen LogP contribution < -0.4 is 29.6 Å². The van der Waals surface area contributed by atoms with Gasteiger partial charge in [0, 0.05) is 0 Å². The molecule has 0 spiro atoms. The summed E-state index contributed by atoms with van der Waals surface area (Å²) in [7, 11) is 0. The van der Waals surface area contributed by atoms with Crippen LogP contribution in [0.5, 0.6) is 0 Å². The molecule has 0 aromatic carbocycles. The van der Waals surface area contributed by atoms with Crippen molar-refractivity contribution in [3.8, 4) is 0 Å². The van der Waals surface area contributed by atoms with Crippen molar-refractivity contribution >= 4 is 0 Å². The van der Waals surface area contributed by atoms with Crippen LogP contribution in [0.4, 0.5) is 0 Å². The number of hydrogen-bond acceptors (Lipinski definition) is 1. The number of nitrogens with one attached hydrogen (secondary N) is 1. The van der Waals surface area contributed by atoms with Crippen molar-refractivity contribution in [1.82, 2.24) is 10.2 Å². The number of hydrogen-bond donors (Lipinski definition) is 1. The Balaban J connectivity index is 0.000000250. The van der Waals surface area contributed by atoms with E-state index in [1.807, 2.05) is 0 Å². The first-order chi connectivity index (χ1) is 2.50. The predicted octanol–water partition coefficient (Wildman–Crippen LogP) is -2.79. The van der Waals surface area contributed by atoms with E-state index in [4.69, 9.17) is 0 Å². The van der Waals surface area contributed by atoms with Crippen molar-refractivity contribution in [3.05, 3.63) is 18.5 Å². The molecule has 0 bridgehead atoms. The third kappa shape index (κ3) is 1.60. The number of aromatic nitrogens is 2. The fraction of sp³-hybridized carbons (Fsp3) is 0. The summed E-state index contributed by atoms with van der Waals surface area (Å²) in [6.07, 6.45) is 4.26. The zero-order chi connectivity index (χ0) is 3.54. The van der Waals surface area contributed by atoms with Gasteiger partial charge in [-0.15, -0.1) is 6.20 Å². The van der Waals surface area contributed by atoms with E-state index in [1.54, 1.807) is 12.3 Å². The van der Waals surface area contributed by atoms with Crippen LogP contribution in [-0.4, -0.2) is 10.2 Å². The van der Waals surface area contributed by atoms with E-state index >= 15 is 0 Å². The molecule has 0 aliphatic rings. The topological polar surface area (TPSA) is 28.7 Å². The fourth-order valence-electron chi connectivity index (χ4n) is 0.186. The van der Waals surface area contributed by atoms with E-state index < -0.39 is 0 Å². The van der Waals surface area contributed by atoms with Gasteiger partial charge < -0.3 is 10.2 Å². The van der Waals surface area contributed by atoms with Crippen LogP contribution in [-0.2, 0) is 0 Å². The summed E-state index contributed by atoms with van der Waals surface area (Å²) in [5.74, 6) is 0. The van der Waals surface area contributed by atoms with E-state index in [-0.39, 0.29) is 29.6 Å². The van der Waals surface area contributed by atoms with Gasteiger partial charge in [-0.3, -0.25) is 0 Å². The molecule has 0 radical (unpaired) electrons. The number of rotatable bonds is 0. The van der Waals surface area contributed by atoms with E-state index in [2.05, 4.69) is 16.4 Å². The van der Waals surface area contributed by atoms with Crippen LogP contribution in [0.3, 0.4) is 0 Å². The summed E-state index contributed by atoms with van der Waals surface area (Å²) in [5.41, 5.74) is 0. The molecule has 6 heavy (non-hydrogen) atoms. The first-order valence-corrected chi connectivity index (χ1v) is 1.35. The minimum absolute atomic E-state index is 0. The van der Waals surface area contributed by atoms with Gasteiger partial charge in [0.2, 0.25) is 0 Å². The molecule has 0 unspecified atom stereocenters. The summed E-state index contributed by atoms with van der Waals surface area (Å²) in [6.45, 7) is 0. The molecular weight excluding hydrogens is 87.0 g/mol. The van der Waals surface area contributed by atoms with Crippen molar-refractivity contribution in [1.29, 1.82) is 0 Å². The van der Waals surface area contributed by atoms with Gasteiger partial charge in [0.25, 0.3) is 0 Å². The first-order valence-electron chi connectivity index (χ1n) is 1.35. The van der Waals surface area contributed by atoms with Gasteiger partial charge in [-0.25, -0.2) is 0 Å². The molecule has 0 atom stereocenters. The molecule has 2 nitrogen and oxygen atoms in total. The average Bonchev–Trinajstić information content (AvgIpc) is 1.76. The van der Waals surface area contributed by atoms with Crippen molar-refractivity contribution in [2.24, 2.45) is 0 Å². The number of aromatic amines is 1. The van der Waals surface area contributed by atoms with Crippen molar-refractivity contribution in [3.63, 3.8) is 0 Å². The number of nitrogens with zero attached hydrogens (tertiary/aromatic N) is 1. The molecular formula is C3H3N2Na. The number of H-pyrrole nitrogens is 1. The molecule has 1 N–H and O–H groups in total. The maximum atomic E-state index is 3.54. The van der Waals surface area contributed by atoms with Crippen LogP contribution in [0.15, 0.2) is 12.3 Å². The molecule has 1 aromatic heterocycles. The Morgan fingerprint density at radius 3 is 2.67 bits per heavy atom. The van der Waals surface area contributed by atoms with Gasteiger partial charge in [-0.05, 0) is 0 Å². The Morgan fingerprint density at radius 2 is 2.50 bits per heavy atom. The second kappa shape index (κ2) is 3.40. The van der Waals surface area contributed by atoms with Gasteiger partial charge in [0.05, 0.1) is 0 Å². The summed E-state index contributed by atoms with van der Waals surface area (Å²) >= 11 is 0. The Bertz CT molecular complexity index is 65.3. The zero-order valence-electron chi connectivity index (χ0n) is 3.60. The average molecular weight is 90.1 g/mol. The smallest absolute Gasteiger partial charge is 0.390 e. The van der Waals surface area contributed by atoms with Crippen LogP contribution in [0.25, 0.3) is 0 Å². The Labute approximate surface area is 58.2 Å². The first kappa shape index (κ1) is 6.21. The molecule has 0 saturated carbocycles. The zero-order valence-corrected chi connectivity index (χ0v) is 5.60. The monoisotopic (exact) mass is 90.0 g/mol. The molecule has 1 aromatic rings. The standard InChI is InChI=1S/C3H3N2.Na/c1-2-4-5-3-1;/h1-2H,(H,4,5);/q-1;+1. The summed E-state index contributed by atoms with van der Waals surface area (Å²) in [4.78, 5) is 0. The van der Waals surface area contributed by atoms with E-state index in [1.165, 1.54) is 0 Å². The SMILES string of the molecule is [Na+].[c-]1ccn[nH]1. The summed E-state index contributed by atoms with van der Waals surface area (Å²) in [6, 6.07) is 1.71. The van der Waals surface area contributed by atoms with Gasteiger partial charge in [0.1, 0.15) is 0 Å². The molecule has 0 aliphatic carbocycles. The van der Waals surface area contributed by atoms with Gasteiger partial charge in [-0.2, -0.15) is 12.3 Å². The van der Waals surface area contributed by atoms with Crippen LogP contribution in [0.1, 0.15) is 0 Å². The van der Waals surface area contributed by atoms with E-state index in [0.29, 0.717) is 0 Å². The largest absolute Gasteiger partial charge is 1.00 e. The summed E-state index contributed by atoms with van der Waals surface area (Å²) < 4.78 is 0. The molecule has 0 aliphatic heterocycles. The molecule has 0 amide bonds. The van der Waals surface area contributed by atoms with Crippen molar-refractivity contribution in [2.75, 3.05) is 0 Å². The normalized spacial score (nSPS) is 6.67. The third-order valence-corrected chi connectivity index (χ3v) is 0.362. The van der Waals surface area contributed by atoms with Crippen LogP contribution in [0, 0.1) is 6.20 Å². The Kier molecular flexibility index (Phi) is 3.52. The van der Waals surface area contributed by atoms with Crippen molar-refractivity contribution in [2.45, 2.75) is 0 Å². The van der Waals surface area contributed by atoms with Gasteiger partial charge >= 0.3 is 29.6 Å². The molecule has 0 fully saturated rings. The molecule has 1 rings (SSSR count). The maximum absolute atomic E-state index is 3.54. The molecule has 0 saturated heterocycles. The minimum atomic E-state index is 0. The van der Waals surface area contributed by atoms with Crippen LogP contribution in [0.2, 0.25) is 0 Å². The van der Waals surface area contributed by atoms with E-state index in [0.717, 1.165) is 0 Å². The maximum Gasteiger partial charge on any atom is 1.00 e. The second-order valence-electron chi connectivity index (χ2n) is 0.701. The molecule has 3 heteroatoms. The molecule has 1 heterocycles. The van der Waals surface area contributed by atoms with Gasteiger partial charge in [-0.1, -0.05) is 0 Å².